The van der Waals surface area contributed by atoms with Gasteiger partial charge in [0.05, 0.1) is 6.04 Å². The van der Waals surface area contributed by atoms with E-state index >= 15 is 0 Å². The summed E-state index contributed by atoms with van der Waals surface area (Å²) in [5.74, 6) is 0.431. The molecule has 0 fully saturated rings. The van der Waals surface area contributed by atoms with Crippen LogP contribution >= 0.6 is 12.2 Å². The number of thiocarbonyl (C=S) groups is 1. The highest BCUT2D eigenvalue weighted by molar-refractivity contribution is 7.80. The van der Waals surface area contributed by atoms with Crippen LogP contribution in [-0.2, 0) is 4.79 Å². The van der Waals surface area contributed by atoms with Gasteiger partial charge in [0.2, 0.25) is 5.91 Å². The number of nitrogens with one attached hydrogen (secondary N) is 2. The monoisotopic (exact) mass is 418 g/mol. The molecule has 6 heteroatoms. The van der Waals surface area contributed by atoms with E-state index in [1.165, 1.54) is 6.08 Å². The SMILES string of the molecule is O=C(C=Cc1ccccc1)N[C@@H](COc1ccc(C(=S)NO)cc1)c1ccccc1. The minimum Gasteiger partial charge on any atom is -0.491 e. The van der Waals surface area contributed by atoms with Gasteiger partial charge < -0.3 is 10.1 Å². The van der Waals surface area contributed by atoms with Crippen LogP contribution in [0.25, 0.3) is 6.08 Å². The fourth-order valence-corrected chi connectivity index (χ4v) is 2.95. The second kappa shape index (κ2) is 10.9. The van der Waals surface area contributed by atoms with E-state index < -0.39 is 0 Å². The summed E-state index contributed by atoms with van der Waals surface area (Å²) in [6.45, 7) is 0.261. The second-order valence-corrected chi connectivity index (χ2v) is 6.90. The zero-order chi connectivity index (χ0) is 21.2. The lowest BCUT2D eigenvalue weighted by molar-refractivity contribution is -0.117. The molecule has 3 aromatic rings. The van der Waals surface area contributed by atoms with E-state index in [-0.39, 0.29) is 23.5 Å². The quantitative estimate of drug-likeness (QED) is 0.289. The van der Waals surface area contributed by atoms with E-state index in [2.05, 4.69) is 5.32 Å². The molecule has 0 aromatic heterocycles. The Kier molecular flexibility index (Phi) is 7.71. The van der Waals surface area contributed by atoms with Crippen LogP contribution in [0.3, 0.4) is 0 Å². The molecule has 0 bridgehead atoms. The summed E-state index contributed by atoms with van der Waals surface area (Å²) in [6, 6.07) is 26.0. The Morgan fingerprint density at radius 1 is 0.967 bits per heavy atom. The van der Waals surface area contributed by atoms with Crippen molar-refractivity contribution in [3.8, 4) is 5.75 Å². The maximum Gasteiger partial charge on any atom is 0.244 e. The summed E-state index contributed by atoms with van der Waals surface area (Å²) in [6.07, 6.45) is 3.29. The number of amides is 1. The molecule has 3 aromatic carbocycles. The van der Waals surface area contributed by atoms with Gasteiger partial charge in [-0.2, -0.15) is 0 Å². The molecule has 0 aliphatic rings. The van der Waals surface area contributed by atoms with Crippen molar-refractivity contribution in [3.05, 3.63) is 108 Å². The molecule has 0 aliphatic heterocycles. The van der Waals surface area contributed by atoms with Gasteiger partial charge >= 0.3 is 0 Å². The lowest BCUT2D eigenvalue weighted by Gasteiger charge is -2.19. The van der Waals surface area contributed by atoms with Crippen molar-refractivity contribution in [1.82, 2.24) is 10.8 Å². The first-order valence-electron chi connectivity index (χ1n) is 9.41. The van der Waals surface area contributed by atoms with Crippen molar-refractivity contribution in [2.45, 2.75) is 6.04 Å². The lowest BCUT2D eigenvalue weighted by Crippen LogP contribution is -2.31. The van der Waals surface area contributed by atoms with Gasteiger partial charge in [0.15, 0.2) is 0 Å². The van der Waals surface area contributed by atoms with Gasteiger partial charge in [0.25, 0.3) is 0 Å². The molecule has 5 nitrogen and oxygen atoms in total. The molecular weight excluding hydrogens is 396 g/mol. The van der Waals surface area contributed by atoms with Gasteiger partial charge in [-0.25, -0.2) is 0 Å². The Morgan fingerprint density at radius 3 is 2.23 bits per heavy atom. The van der Waals surface area contributed by atoms with Crippen molar-refractivity contribution in [3.63, 3.8) is 0 Å². The highest BCUT2D eigenvalue weighted by Gasteiger charge is 2.14. The normalized spacial score (nSPS) is 11.6. The topological polar surface area (TPSA) is 70.6 Å². The van der Waals surface area contributed by atoms with Gasteiger partial charge in [0.1, 0.15) is 17.3 Å². The van der Waals surface area contributed by atoms with Crippen molar-refractivity contribution >= 4 is 29.2 Å². The average molecular weight is 419 g/mol. The number of carbonyl (C=O) groups is 1. The first-order valence-corrected chi connectivity index (χ1v) is 9.82. The molecule has 0 saturated heterocycles. The van der Waals surface area contributed by atoms with Gasteiger partial charge in [-0.1, -0.05) is 72.9 Å². The molecule has 0 spiro atoms. The minimum absolute atomic E-state index is 0.203. The van der Waals surface area contributed by atoms with Gasteiger partial charge in [-0.3, -0.25) is 15.5 Å². The molecule has 1 amide bonds. The number of hydrogen-bond donors (Lipinski definition) is 3. The van der Waals surface area contributed by atoms with Gasteiger partial charge in [0, 0.05) is 11.6 Å². The molecule has 1 atom stereocenters. The van der Waals surface area contributed by atoms with Gasteiger partial charge in [-0.05, 0) is 41.5 Å². The third kappa shape index (κ3) is 6.27. The summed E-state index contributed by atoms with van der Waals surface area (Å²) in [4.78, 5) is 12.7. The third-order valence-corrected chi connectivity index (χ3v) is 4.71. The van der Waals surface area contributed by atoms with Crippen molar-refractivity contribution in [2.24, 2.45) is 0 Å². The van der Waals surface area contributed by atoms with Crippen LogP contribution in [0.2, 0.25) is 0 Å². The summed E-state index contributed by atoms with van der Waals surface area (Å²) in [7, 11) is 0. The first-order chi connectivity index (χ1) is 14.7. The van der Waals surface area contributed by atoms with E-state index in [1.807, 2.05) is 66.1 Å². The minimum atomic E-state index is -0.320. The predicted octanol–water partition coefficient (Wildman–Crippen LogP) is 4.29. The van der Waals surface area contributed by atoms with E-state index in [9.17, 15) is 4.79 Å². The standard InChI is InChI=1S/C24H22N2O3S/c27-23(16-11-18-7-3-1-4-8-18)25-22(19-9-5-2-6-10-19)17-29-21-14-12-20(13-15-21)24(30)26-28/h1-16,22,28H,17H2,(H,25,27)(H,26,30)/t22-/m0/s1. The van der Waals surface area contributed by atoms with Crippen LogP contribution in [0.4, 0.5) is 0 Å². The van der Waals surface area contributed by atoms with Crippen LogP contribution < -0.4 is 15.5 Å². The number of hydroxylamine groups is 1. The lowest BCUT2D eigenvalue weighted by atomic mass is 10.1. The maximum atomic E-state index is 12.5. The van der Waals surface area contributed by atoms with E-state index in [0.717, 1.165) is 11.1 Å². The third-order valence-electron chi connectivity index (χ3n) is 4.38. The second-order valence-electron chi connectivity index (χ2n) is 6.49. The van der Waals surface area contributed by atoms with Crippen LogP contribution in [0.1, 0.15) is 22.7 Å². The van der Waals surface area contributed by atoms with E-state index in [4.69, 9.17) is 22.2 Å². The maximum absolute atomic E-state index is 12.5. The molecule has 0 radical (unpaired) electrons. The Hall–Kier alpha value is -3.48. The number of rotatable bonds is 8. The van der Waals surface area contributed by atoms with Crippen LogP contribution in [0.5, 0.6) is 5.75 Å². The summed E-state index contributed by atoms with van der Waals surface area (Å²) in [5, 5.41) is 11.9. The van der Waals surface area contributed by atoms with E-state index in [0.29, 0.717) is 11.3 Å². The summed E-state index contributed by atoms with van der Waals surface area (Å²) >= 11 is 4.99. The molecule has 30 heavy (non-hydrogen) atoms. The van der Waals surface area contributed by atoms with Crippen molar-refractivity contribution in [2.75, 3.05) is 6.61 Å². The smallest absolute Gasteiger partial charge is 0.244 e. The molecule has 0 saturated carbocycles. The molecule has 0 unspecified atom stereocenters. The Morgan fingerprint density at radius 2 is 1.60 bits per heavy atom. The number of ether oxygens (including phenoxy) is 1. The Bertz CT molecular complexity index is 990. The van der Waals surface area contributed by atoms with Crippen LogP contribution in [0.15, 0.2) is 91.0 Å². The predicted molar refractivity (Wildman–Crippen MR) is 121 cm³/mol. The largest absolute Gasteiger partial charge is 0.491 e. The van der Waals surface area contributed by atoms with Crippen LogP contribution in [-0.4, -0.2) is 22.7 Å². The van der Waals surface area contributed by atoms with Crippen molar-refractivity contribution in [1.29, 1.82) is 0 Å². The highest BCUT2D eigenvalue weighted by atomic mass is 32.1. The number of carbonyl (C=O) groups excluding carboxylic acids is 1. The van der Waals surface area contributed by atoms with E-state index in [1.54, 1.807) is 30.3 Å². The average Bonchev–Trinajstić information content (AvgIpc) is 2.81. The molecule has 0 aliphatic carbocycles. The summed E-state index contributed by atoms with van der Waals surface area (Å²) < 4.78 is 5.89. The fourth-order valence-electron chi connectivity index (χ4n) is 2.81. The Balaban J connectivity index is 1.66. The van der Waals surface area contributed by atoms with Gasteiger partial charge in [-0.15, -0.1) is 0 Å². The molecule has 3 rings (SSSR count). The number of hydrogen-bond acceptors (Lipinski definition) is 4. The molecular formula is C24H22N2O3S. The first kappa shape index (κ1) is 21.2. The fraction of sp³-hybridized carbons (Fsp3) is 0.0833. The molecule has 0 heterocycles. The van der Waals surface area contributed by atoms with Crippen molar-refractivity contribution < 1.29 is 14.7 Å². The zero-order valence-electron chi connectivity index (χ0n) is 16.2. The van der Waals surface area contributed by atoms with Crippen LogP contribution in [0, 0.1) is 0 Å². The number of benzene rings is 3. The Labute approximate surface area is 181 Å². The highest BCUT2D eigenvalue weighted by Crippen LogP contribution is 2.18. The summed E-state index contributed by atoms with van der Waals surface area (Å²) in [5.41, 5.74) is 4.53. The zero-order valence-corrected chi connectivity index (χ0v) is 17.0. The molecule has 3 N–H and O–H groups in total. The molecule has 152 valence electrons.